The summed E-state index contributed by atoms with van der Waals surface area (Å²) in [4.78, 5) is 77.1. The van der Waals surface area contributed by atoms with E-state index in [4.69, 9.17) is 54.2 Å². The summed E-state index contributed by atoms with van der Waals surface area (Å²) in [7, 11) is -14.6. The number of hydrogen-bond acceptors (Lipinski definition) is 27. The third kappa shape index (κ3) is 9.29. The van der Waals surface area contributed by atoms with Crippen LogP contribution >= 0.6 is 23.5 Å². The van der Waals surface area contributed by atoms with Crippen molar-refractivity contribution in [1.29, 1.82) is 0 Å². The first-order valence-electron chi connectivity index (χ1n) is 19.6. The van der Waals surface area contributed by atoms with Gasteiger partial charge in [-0.3, -0.25) is 36.3 Å². The zero-order chi connectivity index (χ0) is 48.4. The summed E-state index contributed by atoms with van der Waals surface area (Å²) < 4.78 is 91.7. The minimum Gasteiger partial charge on any atom is -0.387 e. The number of nitrogen functional groups attached to an aromatic ring is 3. The average molecular weight is 1020 g/mol. The van der Waals surface area contributed by atoms with Gasteiger partial charge in [-0.25, -0.2) is 58.6 Å². The van der Waals surface area contributed by atoms with Gasteiger partial charge >= 0.3 is 23.5 Å². The number of aliphatic hydroxyl groups excluding tert-OH is 3. The summed E-state index contributed by atoms with van der Waals surface area (Å²) in [6.07, 6.45) is -12.3. The molecule has 9 rings (SSSR count). The fraction of sp³-hybridized carbons (Fsp3) is 0.516. The van der Waals surface area contributed by atoms with Gasteiger partial charge in [-0.15, -0.1) is 0 Å². The number of aliphatic hydroxyl groups is 3. The Balaban J connectivity index is 0.924. The second kappa shape index (κ2) is 18.4. The molecule has 9 heterocycles. The SMILES string of the molecule is CO[C@H]1C(O)[C@H](n2cnc3c(N)ncnc32)O[C@@H]1COP(=O)(O)O[C@@H]1[C@H](O)[C@@H](COP(=O)(O)O[C@@H]2[C@H](O)[C@@H](COP(=O)(O)O)O[C@H]2n2cnc3c(N)ncnc32)O[C@H]1n1cnc2c(N)ncnc21. The molecule has 0 aliphatic carbocycles. The van der Waals surface area contributed by atoms with E-state index < -0.39 is 117 Å². The smallest absolute Gasteiger partial charge is 0.387 e. The van der Waals surface area contributed by atoms with Gasteiger partial charge in [0, 0.05) is 7.11 Å². The standard InChI is InChI=1S/C31H40N15O19P3/c1-57-20-13(63-29(19(20)49)44-8-41-14-23(32)35-5-38-26(14)44)4-60-68(55,56)65-22-18(48)12(62-31(22)46-10-43-16-25(34)37-7-40-28(16)46)3-59-67(53,54)64-21-17(47)11(2-58-66(50,51)52)61-30(21)45-9-42-15-24(33)36-6-39-27(15)45/h5-13,17-22,29-31,47-49H,2-4H2,1H3,(H,53,54)(H,55,56)(H2,32,35,38)(H2,33,36,39)(H2,34,37,40)(H2,50,51,52)/t11-,12-,13-,17-,18-,19?,20-,21-,22-,29-,30-,31-/m1/s1. The largest absolute Gasteiger partial charge is 0.472 e. The van der Waals surface area contributed by atoms with Crippen molar-refractivity contribution < 1.29 is 90.2 Å². The van der Waals surface area contributed by atoms with E-state index in [0.29, 0.717) is 0 Å². The highest BCUT2D eigenvalue weighted by atomic mass is 31.2. The molecule has 14 atom stereocenters. The molecule has 6 aromatic heterocycles. The normalized spacial score (nSPS) is 30.7. The average Bonchev–Trinajstić information content (AvgIpc) is 4.14. The van der Waals surface area contributed by atoms with Gasteiger partial charge in [-0.1, -0.05) is 0 Å². The van der Waals surface area contributed by atoms with Crippen molar-refractivity contribution in [3.8, 4) is 0 Å². The predicted molar refractivity (Wildman–Crippen MR) is 219 cm³/mol. The van der Waals surface area contributed by atoms with Gasteiger partial charge in [-0.2, -0.15) is 0 Å². The molecule has 0 amide bonds. The second-order valence-electron chi connectivity index (χ2n) is 15.1. The van der Waals surface area contributed by atoms with Crippen molar-refractivity contribution in [2.24, 2.45) is 0 Å². The molecule has 6 aromatic rings. The van der Waals surface area contributed by atoms with Crippen LogP contribution in [0.2, 0.25) is 0 Å². The van der Waals surface area contributed by atoms with Gasteiger partial charge in [0.05, 0.1) is 38.8 Å². The molecule has 37 heteroatoms. The number of ether oxygens (including phenoxy) is 4. The molecule has 368 valence electrons. The quantitative estimate of drug-likeness (QED) is 0.0411. The van der Waals surface area contributed by atoms with Crippen LogP contribution < -0.4 is 17.2 Å². The predicted octanol–water partition coefficient (Wildman–Crippen LogP) is -2.84. The van der Waals surface area contributed by atoms with E-state index in [1.54, 1.807) is 0 Å². The first kappa shape index (κ1) is 48.1. The molecule has 3 fully saturated rings. The van der Waals surface area contributed by atoms with Gasteiger partial charge in [0.25, 0.3) is 0 Å². The van der Waals surface area contributed by atoms with Crippen LogP contribution in [0.3, 0.4) is 0 Å². The third-order valence-electron chi connectivity index (χ3n) is 10.9. The molecule has 0 spiro atoms. The van der Waals surface area contributed by atoms with E-state index in [-0.39, 0.29) is 50.9 Å². The molecule has 3 unspecified atom stereocenters. The van der Waals surface area contributed by atoms with Crippen LogP contribution in [0.1, 0.15) is 18.7 Å². The maximum Gasteiger partial charge on any atom is 0.472 e. The number of aromatic nitrogens is 12. The molecule has 3 saturated heterocycles. The number of nitrogens with zero attached hydrogens (tertiary/aromatic N) is 12. The molecule has 13 N–H and O–H groups in total. The minimum absolute atomic E-state index is 0.00177. The lowest BCUT2D eigenvalue weighted by Crippen LogP contribution is -2.37. The van der Waals surface area contributed by atoms with Gasteiger partial charge in [0.2, 0.25) is 0 Å². The van der Waals surface area contributed by atoms with Crippen molar-refractivity contribution >= 4 is 74.4 Å². The Bertz CT molecular complexity index is 2960. The van der Waals surface area contributed by atoms with Crippen LogP contribution in [0.15, 0.2) is 38.0 Å². The molecule has 3 aliphatic rings. The second-order valence-corrected chi connectivity index (χ2v) is 19.1. The van der Waals surface area contributed by atoms with Gasteiger partial charge < -0.3 is 71.0 Å². The topological polar surface area (TPSA) is 485 Å². The van der Waals surface area contributed by atoms with Crippen molar-refractivity contribution in [3.63, 3.8) is 0 Å². The van der Waals surface area contributed by atoms with Crippen LogP contribution in [-0.2, 0) is 55.3 Å². The Kier molecular flexibility index (Phi) is 13.1. The summed E-state index contributed by atoms with van der Waals surface area (Å²) in [5.41, 5.74) is 18.3. The third-order valence-corrected chi connectivity index (χ3v) is 13.4. The van der Waals surface area contributed by atoms with Crippen molar-refractivity contribution in [2.75, 3.05) is 44.1 Å². The number of methoxy groups -OCH3 is 1. The summed E-state index contributed by atoms with van der Waals surface area (Å²) >= 11 is 0. The Morgan fingerprint density at radius 3 is 1.29 bits per heavy atom. The highest BCUT2D eigenvalue weighted by Gasteiger charge is 2.54. The molecule has 0 saturated carbocycles. The summed E-state index contributed by atoms with van der Waals surface area (Å²) in [5.74, 6) is -0.0816. The van der Waals surface area contributed by atoms with Crippen LogP contribution in [0.4, 0.5) is 17.5 Å². The molecular weight excluding hydrogens is 979 g/mol. The molecule has 0 radical (unpaired) electrons. The van der Waals surface area contributed by atoms with E-state index in [1.807, 2.05) is 0 Å². The Morgan fingerprint density at radius 2 is 0.897 bits per heavy atom. The lowest BCUT2D eigenvalue weighted by Gasteiger charge is -2.25. The number of imidazole rings is 3. The van der Waals surface area contributed by atoms with Crippen molar-refractivity contribution in [3.05, 3.63) is 38.0 Å². The number of nitrogens with two attached hydrogens (primary N) is 3. The molecule has 3 aliphatic heterocycles. The molecule has 0 aromatic carbocycles. The van der Waals surface area contributed by atoms with E-state index in [2.05, 4.69) is 49.4 Å². The number of phosphoric ester groups is 3. The zero-order valence-corrected chi connectivity index (χ0v) is 37.2. The van der Waals surface area contributed by atoms with Crippen LogP contribution in [-0.4, -0.2) is 175 Å². The van der Waals surface area contributed by atoms with E-state index >= 15 is 0 Å². The summed E-state index contributed by atoms with van der Waals surface area (Å²) in [6.45, 7) is -2.69. The number of phosphoric acid groups is 3. The van der Waals surface area contributed by atoms with E-state index in [1.165, 1.54) is 24.3 Å². The molecule has 34 nitrogen and oxygen atoms in total. The van der Waals surface area contributed by atoms with Gasteiger partial charge in [-0.05, 0) is 0 Å². The first-order chi connectivity index (χ1) is 32.2. The molecule has 0 bridgehead atoms. The zero-order valence-electron chi connectivity index (χ0n) is 34.5. The van der Waals surface area contributed by atoms with E-state index in [0.717, 1.165) is 34.4 Å². The number of hydrogen-bond donors (Lipinski definition) is 10. The lowest BCUT2D eigenvalue weighted by atomic mass is 10.1. The van der Waals surface area contributed by atoms with Crippen molar-refractivity contribution in [2.45, 2.75) is 73.6 Å². The van der Waals surface area contributed by atoms with Crippen LogP contribution in [0.25, 0.3) is 33.5 Å². The fourth-order valence-electron chi connectivity index (χ4n) is 7.80. The maximum absolute atomic E-state index is 13.7. The molecule has 68 heavy (non-hydrogen) atoms. The highest BCUT2D eigenvalue weighted by molar-refractivity contribution is 7.47. The van der Waals surface area contributed by atoms with Crippen LogP contribution in [0, 0.1) is 0 Å². The first-order valence-corrected chi connectivity index (χ1v) is 24.1. The minimum atomic E-state index is -5.42. The molecular formula is C31H40N15O19P3. The number of anilines is 3. The Hall–Kier alpha value is -4.90. The van der Waals surface area contributed by atoms with Crippen molar-refractivity contribution in [1.82, 2.24) is 58.6 Å². The lowest BCUT2D eigenvalue weighted by molar-refractivity contribution is -0.0656. The van der Waals surface area contributed by atoms with Crippen LogP contribution in [0.5, 0.6) is 0 Å². The van der Waals surface area contributed by atoms with Gasteiger partial charge in [0.1, 0.15) is 90.5 Å². The van der Waals surface area contributed by atoms with Gasteiger partial charge in [0.15, 0.2) is 53.1 Å². The number of fused-ring (bicyclic) bond motifs is 3. The van der Waals surface area contributed by atoms with E-state index in [9.17, 15) is 48.6 Å². The highest BCUT2D eigenvalue weighted by Crippen LogP contribution is 2.53. The summed E-state index contributed by atoms with van der Waals surface area (Å²) in [5, 5.41) is 34.0. The Morgan fingerprint density at radius 1 is 0.529 bits per heavy atom. The summed E-state index contributed by atoms with van der Waals surface area (Å²) in [6, 6.07) is 0. The monoisotopic (exact) mass is 1020 g/mol. The fourth-order valence-corrected chi connectivity index (χ4v) is 10.0. The number of rotatable bonds is 17. The maximum atomic E-state index is 13.7. The Labute approximate surface area is 378 Å².